The minimum atomic E-state index is -0.169. The standard InChI is InChI=1S/C18H30ClN3O/c1-3-20(4-2)14-18(23)15-22-11-9-21(10-12-22)13-16-5-7-17(19)8-6-16/h5-8,18,23H,3-4,9-15H2,1-2H3/p+3/t18-/m1/s1. The van der Waals surface area contributed by atoms with Crippen LogP contribution in [0, 0.1) is 0 Å². The van der Waals surface area contributed by atoms with Gasteiger partial charge in [-0.15, -0.1) is 0 Å². The molecule has 0 aromatic heterocycles. The highest BCUT2D eigenvalue weighted by Crippen LogP contribution is 2.08. The van der Waals surface area contributed by atoms with Crippen molar-refractivity contribution in [1.82, 2.24) is 0 Å². The summed E-state index contributed by atoms with van der Waals surface area (Å²) >= 11 is 5.94. The van der Waals surface area contributed by atoms with Gasteiger partial charge in [0.15, 0.2) is 6.10 Å². The van der Waals surface area contributed by atoms with Gasteiger partial charge in [-0.1, -0.05) is 23.7 Å². The summed E-state index contributed by atoms with van der Waals surface area (Å²) in [6.07, 6.45) is -0.169. The van der Waals surface area contributed by atoms with E-state index in [2.05, 4.69) is 26.0 Å². The van der Waals surface area contributed by atoms with Crippen LogP contribution in [0.3, 0.4) is 0 Å². The Balaban J connectivity index is 1.70. The number of hydrogen-bond acceptors (Lipinski definition) is 1. The van der Waals surface area contributed by atoms with Crippen molar-refractivity contribution in [3.05, 3.63) is 34.9 Å². The first-order valence-corrected chi connectivity index (χ1v) is 9.41. The number of benzene rings is 1. The summed E-state index contributed by atoms with van der Waals surface area (Å²) in [5.41, 5.74) is 1.36. The molecule has 1 aromatic carbocycles. The third-order valence-electron chi connectivity index (χ3n) is 5.08. The number of halogens is 1. The van der Waals surface area contributed by atoms with Gasteiger partial charge in [-0.2, -0.15) is 0 Å². The summed E-state index contributed by atoms with van der Waals surface area (Å²) in [6, 6.07) is 8.21. The van der Waals surface area contributed by atoms with Crippen LogP contribution >= 0.6 is 11.6 Å². The molecule has 0 amide bonds. The fraction of sp³-hybridized carbons (Fsp3) is 0.667. The van der Waals surface area contributed by atoms with Gasteiger partial charge in [0, 0.05) is 10.6 Å². The molecule has 1 aliphatic rings. The third kappa shape index (κ3) is 6.40. The van der Waals surface area contributed by atoms with E-state index in [1.807, 2.05) is 12.1 Å². The molecule has 0 unspecified atom stereocenters. The number of rotatable bonds is 8. The van der Waals surface area contributed by atoms with E-state index in [-0.39, 0.29) is 6.10 Å². The lowest BCUT2D eigenvalue weighted by atomic mass is 10.2. The predicted octanol–water partition coefficient (Wildman–Crippen LogP) is -2.09. The number of piperazine rings is 1. The van der Waals surface area contributed by atoms with Crippen LogP contribution in [0.1, 0.15) is 19.4 Å². The Kier molecular flexibility index (Phi) is 7.80. The lowest BCUT2D eigenvalue weighted by Gasteiger charge is -2.31. The van der Waals surface area contributed by atoms with Gasteiger partial charge in [0.05, 0.1) is 13.1 Å². The SMILES string of the molecule is CC[NH+](CC)C[C@@H](O)C[NH+]1CC[NH+](Cc2ccc(Cl)cc2)CC1. The van der Waals surface area contributed by atoms with E-state index in [0.29, 0.717) is 0 Å². The number of aliphatic hydroxyl groups excluding tert-OH is 1. The van der Waals surface area contributed by atoms with Crippen molar-refractivity contribution >= 4 is 11.6 Å². The Morgan fingerprint density at radius 3 is 2.17 bits per heavy atom. The molecule has 1 atom stereocenters. The average molecular weight is 343 g/mol. The maximum atomic E-state index is 10.3. The highest BCUT2D eigenvalue weighted by molar-refractivity contribution is 6.30. The molecule has 1 heterocycles. The highest BCUT2D eigenvalue weighted by Gasteiger charge is 2.26. The predicted molar refractivity (Wildman–Crippen MR) is 94.3 cm³/mol. The molecule has 23 heavy (non-hydrogen) atoms. The van der Waals surface area contributed by atoms with E-state index in [1.54, 1.807) is 9.80 Å². The molecule has 0 bridgehead atoms. The fourth-order valence-corrected chi connectivity index (χ4v) is 3.63. The Morgan fingerprint density at radius 2 is 1.61 bits per heavy atom. The van der Waals surface area contributed by atoms with Crippen LogP contribution in [0.4, 0.5) is 0 Å². The maximum absolute atomic E-state index is 10.3. The van der Waals surface area contributed by atoms with E-state index in [4.69, 9.17) is 11.6 Å². The largest absolute Gasteiger partial charge is 0.382 e. The first-order chi connectivity index (χ1) is 11.1. The summed E-state index contributed by atoms with van der Waals surface area (Å²) in [5, 5.41) is 11.1. The average Bonchev–Trinajstić information content (AvgIpc) is 2.56. The molecular weight excluding hydrogens is 310 g/mol. The van der Waals surface area contributed by atoms with Crippen LogP contribution in [0.25, 0.3) is 0 Å². The molecule has 0 radical (unpaired) electrons. The molecule has 1 saturated heterocycles. The molecule has 1 aromatic rings. The second-order valence-electron chi connectivity index (χ2n) is 6.82. The van der Waals surface area contributed by atoms with Gasteiger partial charge in [0.2, 0.25) is 0 Å². The zero-order valence-corrected chi connectivity index (χ0v) is 15.3. The summed E-state index contributed by atoms with van der Waals surface area (Å²) in [5.74, 6) is 0. The van der Waals surface area contributed by atoms with Crippen LogP contribution < -0.4 is 14.7 Å². The Hall–Kier alpha value is -0.650. The van der Waals surface area contributed by atoms with Crippen LogP contribution in [0.5, 0.6) is 0 Å². The summed E-state index contributed by atoms with van der Waals surface area (Å²) in [6.45, 7) is 14.1. The minimum absolute atomic E-state index is 0.169. The zero-order valence-electron chi connectivity index (χ0n) is 14.6. The second-order valence-corrected chi connectivity index (χ2v) is 7.26. The van der Waals surface area contributed by atoms with Crippen molar-refractivity contribution in [3.63, 3.8) is 0 Å². The van der Waals surface area contributed by atoms with Gasteiger partial charge in [-0.05, 0) is 26.0 Å². The smallest absolute Gasteiger partial charge is 0.152 e. The number of hydrogen-bond donors (Lipinski definition) is 4. The van der Waals surface area contributed by atoms with E-state index >= 15 is 0 Å². The molecular formula is C18H33ClN3O+3. The zero-order chi connectivity index (χ0) is 16.7. The first-order valence-electron chi connectivity index (χ1n) is 9.03. The summed E-state index contributed by atoms with van der Waals surface area (Å²) in [7, 11) is 0. The number of quaternary nitrogens is 3. The normalized spacial score (nSPS) is 23.2. The molecule has 0 spiro atoms. The molecule has 0 aliphatic carbocycles. The van der Waals surface area contributed by atoms with Crippen molar-refractivity contribution in [3.8, 4) is 0 Å². The maximum Gasteiger partial charge on any atom is 0.152 e. The third-order valence-corrected chi connectivity index (χ3v) is 5.33. The highest BCUT2D eigenvalue weighted by atomic mass is 35.5. The van der Waals surface area contributed by atoms with Gasteiger partial charge < -0.3 is 19.8 Å². The summed E-state index contributed by atoms with van der Waals surface area (Å²) in [4.78, 5) is 4.69. The number of nitrogens with one attached hydrogen (secondary N) is 3. The second kappa shape index (κ2) is 9.60. The van der Waals surface area contributed by atoms with Crippen molar-refractivity contribution in [2.24, 2.45) is 0 Å². The fourth-order valence-electron chi connectivity index (χ4n) is 3.51. The molecule has 1 aliphatic heterocycles. The van der Waals surface area contributed by atoms with E-state index in [9.17, 15) is 5.11 Å². The first kappa shape index (κ1) is 18.7. The van der Waals surface area contributed by atoms with Crippen molar-refractivity contribution < 1.29 is 19.8 Å². The van der Waals surface area contributed by atoms with Crippen molar-refractivity contribution in [2.75, 3.05) is 52.4 Å². The Labute approximate surface area is 145 Å². The van der Waals surface area contributed by atoms with Gasteiger partial charge in [-0.3, -0.25) is 0 Å². The Bertz CT molecular complexity index is 442. The molecule has 130 valence electrons. The van der Waals surface area contributed by atoms with Gasteiger partial charge in [-0.25, -0.2) is 0 Å². The molecule has 2 rings (SSSR count). The van der Waals surface area contributed by atoms with Crippen LogP contribution in [-0.2, 0) is 6.54 Å². The van der Waals surface area contributed by atoms with Crippen LogP contribution in [-0.4, -0.2) is 63.6 Å². The topological polar surface area (TPSA) is 33.6 Å². The van der Waals surface area contributed by atoms with Gasteiger partial charge in [0.1, 0.15) is 45.8 Å². The lowest BCUT2D eigenvalue weighted by Crippen LogP contribution is -3.28. The van der Waals surface area contributed by atoms with E-state index in [1.165, 1.54) is 23.6 Å². The Morgan fingerprint density at radius 1 is 1.04 bits per heavy atom. The molecule has 1 fully saturated rings. The van der Waals surface area contributed by atoms with Crippen LogP contribution in [0.15, 0.2) is 24.3 Å². The van der Waals surface area contributed by atoms with Gasteiger partial charge in [0.25, 0.3) is 0 Å². The van der Waals surface area contributed by atoms with Crippen molar-refractivity contribution in [1.29, 1.82) is 0 Å². The number of aliphatic hydroxyl groups is 1. The molecule has 4 nitrogen and oxygen atoms in total. The lowest BCUT2D eigenvalue weighted by molar-refractivity contribution is -1.02. The van der Waals surface area contributed by atoms with E-state index < -0.39 is 0 Å². The van der Waals surface area contributed by atoms with Crippen LogP contribution in [0.2, 0.25) is 5.02 Å². The van der Waals surface area contributed by atoms with Gasteiger partial charge >= 0.3 is 0 Å². The monoisotopic (exact) mass is 342 g/mol. The molecule has 0 saturated carbocycles. The van der Waals surface area contributed by atoms with Crippen molar-refractivity contribution in [2.45, 2.75) is 26.5 Å². The quantitative estimate of drug-likeness (QED) is 0.429. The summed E-state index contributed by atoms with van der Waals surface area (Å²) < 4.78 is 0. The molecule has 4 N–H and O–H groups in total. The minimum Gasteiger partial charge on any atom is -0.382 e. The van der Waals surface area contributed by atoms with E-state index in [0.717, 1.165) is 50.8 Å². The number of likely N-dealkylation sites (N-methyl/N-ethyl adjacent to an activating group) is 1. The molecule has 5 heteroatoms.